The van der Waals surface area contributed by atoms with Crippen LogP contribution in [0.4, 0.5) is 0 Å². The van der Waals surface area contributed by atoms with Gasteiger partial charge in [-0.25, -0.2) is 0 Å². The van der Waals surface area contributed by atoms with Crippen LogP contribution in [0, 0.1) is 0 Å². The summed E-state index contributed by atoms with van der Waals surface area (Å²) in [6, 6.07) is 8.90. The quantitative estimate of drug-likeness (QED) is 0.860. The van der Waals surface area contributed by atoms with E-state index >= 15 is 0 Å². The van der Waals surface area contributed by atoms with E-state index in [1.807, 2.05) is 0 Å². The first-order valence-electron chi connectivity index (χ1n) is 8.13. The van der Waals surface area contributed by atoms with Gasteiger partial charge in [0.15, 0.2) is 0 Å². The van der Waals surface area contributed by atoms with Gasteiger partial charge in [0.1, 0.15) is 0 Å². The van der Waals surface area contributed by atoms with Crippen molar-refractivity contribution in [2.24, 2.45) is 0 Å². The molecular formula is C17H26BNO3. The zero-order chi connectivity index (χ0) is 15.8. The van der Waals surface area contributed by atoms with Gasteiger partial charge in [-0.15, -0.1) is 0 Å². The first kappa shape index (κ1) is 16.0. The van der Waals surface area contributed by atoms with E-state index in [0.717, 1.165) is 31.6 Å². The van der Waals surface area contributed by atoms with Gasteiger partial charge in [0, 0.05) is 12.6 Å². The first-order valence-corrected chi connectivity index (χ1v) is 8.13. The molecule has 1 aromatic rings. The SMILES string of the molecule is CC1(C)OB(c2cccc(C[C@@H]3COCCN3)c2)OC1(C)C. The molecule has 0 spiro atoms. The minimum atomic E-state index is -0.299. The molecule has 0 aliphatic carbocycles. The fourth-order valence-electron chi connectivity index (χ4n) is 2.88. The highest BCUT2D eigenvalue weighted by Crippen LogP contribution is 2.36. The van der Waals surface area contributed by atoms with Crippen LogP contribution in [0.25, 0.3) is 0 Å². The van der Waals surface area contributed by atoms with Crippen molar-refractivity contribution in [2.45, 2.75) is 51.4 Å². The van der Waals surface area contributed by atoms with Gasteiger partial charge in [0.05, 0.1) is 24.4 Å². The average molecular weight is 303 g/mol. The van der Waals surface area contributed by atoms with Crippen LogP contribution in [0.5, 0.6) is 0 Å². The van der Waals surface area contributed by atoms with Crippen LogP contribution in [-0.2, 0) is 20.5 Å². The summed E-state index contributed by atoms with van der Waals surface area (Å²) in [5, 5.41) is 3.50. The third kappa shape index (κ3) is 3.23. The predicted molar refractivity (Wildman–Crippen MR) is 88.5 cm³/mol. The molecule has 5 heteroatoms. The molecule has 2 heterocycles. The number of hydrogen-bond donors (Lipinski definition) is 1. The van der Waals surface area contributed by atoms with Crippen LogP contribution < -0.4 is 10.8 Å². The third-order valence-electron chi connectivity index (χ3n) is 4.96. The molecule has 4 nitrogen and oxygen atoms in total. The zero-order valence-corrected chi connectivity index (χ0v) is 14.0. The molecule has 1 N–H and O–H groups in total. The molecule has 1 aromatic carbocycles. The molecule has 0 amide bonds. The van der Waals surface area contributed by atoms with Gasteiger partial charge < -0.3 is 19.4 Å². The Labute approximate surface area is 133 Å². The molecular weight excluding hydrogens is 277 g/mol. The average Bonchev–Trinajstić information content (AvgIpc) is 2.69. The summed E-state index contributed by atoms with van der Waals surface area (Å²) in [7, 11) is -0.291. The van der Waals surface area contributed by atoms with E-state index in [1.165, 1.54) is 5.56 Å². The molecule has 2 saturated heterocycles. The maximum absolute atomic E-state index is 6.13. The highest BCUT2D eigenvalue weighted by Gasteiger charge is 2.51. The van der Waals surface area contributed by atoms with Crippen molar-refractivity contribution in [1.29, 1.82) is 0 Å². The minimum absolute atomic E-state index is 0.291. The van der Waals surface area contributed by atoms with Crippen LogP contribution in [0.2, 0.25) is 0 Å². The molecule has 0 radical (unpaired) electrons. The Bertz CT molecular complexity index is 510. The second-order valence-corrected chi connectivity index (χ2v) is 7.26. The number of hydrogen-bond acceptors (Lipinski definition) is 4. The molecule has 0 unspecified atom stereocenters. The highest BCUT2D eigenvalue weighted by molar-refractivity contribution is 6.62. The Balaban J connectivity index is 1.72. The highest BCUT2D eigenvalue weighted by atomic mass is 16.7. The van der Waals surface area contributed by atoms with Crippen LogP contribution in [0.1, 0.15) is 33.3 Å². The van der Waals surface area contributed by atoms with E-state index in [1.54, 1.807) is 0 Å². The minimum Gasteiger partial charge on any atom is -0.399 e. The number of ether oxygens (including phenoxy) is 1. The lowest BCUT2D eigenvalue weighted by Crippen LogP contribution is -2.42. The Morgan fingerprint density at radius 2 is 1.91 bits per heavy atom. The van der Waals surface area contributed by atoms with Gasteiger partial charge in [-0.2, -0.15) is 0 Å². The molecule has 0 aromatic heterocycles. The van der Waals surface area contributed by atoms with Crippen molar-refractivity contribution >= 4 is 12.6 Å². The standard InChI is InChI=1S/C17H26BNO3/c1-16(2)17(3,4)22-18(21-16)14-7-5-6-13(10-14)11-15-12-20-9-8-19-15/h5-7,10,15,19H,8-9,11-12H2,1-4H3/t15-/m1/s1. The number of morpholine rings is 1. The van der Waals surface area contributed by atoms with E-state index in [-0.39, 0.29) is 18.3 Å². The van der Waals surface area contributed by atoms with Gasteiger partial charge in [-0.3, -0.25) is 0 Å². The van der Waals surface area contributed by atoms with Gasteiger partial charge in [0.2, 0.25) is 0 Å². The molecule has 2 aliphatic heterocycles. The topological polar surface area (TPSA) is 39.7 Å². The molecule has 1 atom stereocenters. The van der Waals surface area contributed by atoms with E-state index in [4.69, 9.17) is 14.0 Å². The van der Waals surface area contributed by atoms with Crippen LogP contribution in [0.3, 0.4) is 0 Å². The summed E-state index contributed by atoms with van der Waals surface area (Å²) in [6.07, 6.45) is 0.966. The summed E-state index contributed by atoms with van der Waals surface area (Å²) < 4.78 is 17.8. The third-order valence-corrected chi connectivity index (χ3v) is 4.96. The second kappa shape index (κ2) is 5.97. The number of benzene rings is 1. The Morgan fingerprint density at radius 1 is 1.18 bits per heavy atom. The number of rotatable bonds is 3. The molecule has 0 bridgehead atoms. The van der Waals surface area contributed by atoms with Crippen molar-refractivity contribution in [3.63, 3.8) is 0 Å². The Hall–Kier alpha value is -0.875. The van der Waals surface area contributed by atoms with Gasteiger partial charge >= 0.3 is 7.12 Å². The van der Waals surface area contributed by atoms with Crippen LogP contribution >= 0.6 is 0 Å². The summed E-state index contributed by atoms with van der Waals surface area (Å²) in [5.74, 6) is 0. The van der Waals surface area contributed by atoms with Crippen molar-refractivity contribution in [3.05, 3.63) is 29.8 Å². The molecule has 0 saturated carbocycles. The molecule has 22 heavy (non-hydrogen) atoms. The lowest BCUT2D eigenvalue weighted by Gasteiger charge is -2.32. The van der Waals surface area contributed by atoms with Crippen molar-refractivity contribution < 1.29 is 14.0 Å². The summed E-state index contributed by atoms with van der Waals surface area (Å²) >= 11 is 0. The molecule has 2 fully saturated rings. The van der Waals surface area contributed by atoms with Crippen LogP contribution in [-0.4, -0.2) is 44.1 Å². The summed E-state index contributed by atoms with van der Waals surface area (Å²) in [6.45, 7) is 10.9. The monoisotopic (exact) mass is 303 g/mol. The zero-order valence-electron chi connectivity index (χ0n) is 14.0. The Kier molecular flexibility index (Phi) is 4.34. The molecule has 3 rings (SSSR count). The van der Waals surface area contributed by atoms with E-state index < -0.39 is 0 Å². The molecule has 120 valence electrons. The van der Waals surface area contributed by atoms with Gasteiger partial charge in [-0.1, -0.05) is 24.3 Å². The van der Waals surface area contributed by atoms with Gasteiger partial charge in [-0.05, 0) is 45.1 Å². The van der Waals surface area contributed by atoms with Crippen molar-refractivity contribution in [1.82, 2.24) is 5.32 Å². The maximum atomic E-state index is 6.13. The lowest BCUT2D eigenvalue weighted by molar-refractivity contribution is 0.00578. The largest absolute Gasteiger partial charge is 0.494 e. The predicted octanol–water partition coefficient (Wildman–Crippen LogP) is 1.52. The van der Waals surface area contributed by atoms with E-state index in [0.29, 0.717) is 6.04 Å². The van der Waals surface area contributed by atoms with Crippen molar-refractivity contribution in [2.75, 3.05) is 19.8 Å². The Morgan fingerprint density at radius 3 is 2.55 bits per heavy atom. The van der Waals surface area contributed by atoms with E-state index in [2.05, 4.69) is 57.3 Å². The van der Waals surface area contributed by atoms with Crippen LogP contribution in [0.15, 0.2) is 24.3 Å². The number of nitrogens with one attached hydrogen (secondary N) is 1. The maximum Gasteiger partial charge on any atom is 0.494 e. The first-order chi connectivity index (χ1) is 10.4. The smallest absolute Gasteiger partial charge is 0.399 e. The second-order valence-electron chi connectivity index (χ2n) is 7.26. The van der Waals surface area contributed by atoms with Gasteiger partial charge in [0.25, 0.3) is 0 Å². The lowest BCUT2D eigenvalue weighted by atomic mass is 9.78. The van der Waals surface area contributed by atoms with E-state index in [9.17, 15) is 0 Å². The normalized spacial score (nSPS) is 27.1. The summed E-state index contributed by atoms with van der Waals surface area (Å²) in [4.78, 5) is 0. The van der Waals surface area contributed by atoms with Crippen molar-refractivity contribution in [3.8, 4) is 0 Å². The molecule has 2 aliphatic rings. The summed E-state index contributed by atoms with van der Waals surface area (Å²) in [5.41, 5.74) is 1.78. The fourth-order valence-corrected chi connectivity index (χ4v) is 2.88. The fraction of sp³-hybridized carbons (Fsp3) is 0.647.